The molecule has 0 N–H and O–H groups in total. The molecule has 0 aliphatic heterocycles. The van der Waals surface area contributed by atoms with Gasteiger partial charge < -0.3 is 0 Å². The molecule has 0 nitrogen and oxygen atoms in total. The highest BCUT2D eigenvalue weighted by Gasteiger charge is 1.99. The van der Waals surface area contributed by atoms with Gasteiger partial charge in [0.05, 0.1) is 0 Å². The first-order chi connectivity index (χ1) is 12.9. The normalized spacial score (nSPS) is 9.33. The van der Waals surface area contributed by atoms with Crippen molar-refractivity contribution in [1.82, 2.24) is 0 Å². The molecule has 0 aliphatic carbocycles. The van der Waals surface area contributed by atoms with Crippen LogP contribution < -0.4 is 0 Å². The van der Waals surface area contributed by atoms with Crippen LogP contribution in [0.25, 0.3) is 0 Å². The molecule has 0 radical (unpaired) electrons. The van der Waals surface area contributed by atoms with E-state index >= 15 is 0 Å². The fraction of sp³-hybridized carbons (Fsp3) is 0.407. The van der Waals surface area contributed by atoms with Gasteiger partial charge in [-0.3, -0.25) is 0 Å². The molecule has 0 heteroatoms. The molecule has 150 valence electrons. The van der Waals surface area contributed by atoms with E-state index in [1.807, 2.05) is 0 Å². The number of aryl methyl sites for hydroxylation is 3. The zero-order chi connectivity index (χ0) is 21.2. The van der Waals surface area contributed by atoms with Crippen LogP contribution in [0.2, 0.25) is 0 Å². The highest BCUT2D eigenvalue weighted by molar-refractivity contribution is 5.26. The Kier molecular flexibility index (Phi) is 17.4. The van der Waals surface area contributed by atoms with E-state index in [0.717, 1.165) is 11.8 Å². The van der Waals surface area contributed by atoms with Crippen molar-refractivity contribution in [2.45, 2.75) is 60.8 Å². The Hall–Kier alpha value is -2.08. The molecule has 0 heterocycles. The zero-order valence-corrected chi connectivity index (χ0v) is 18.7. The van der Waals surface area contributed by atoms with Gasteiger partial charge in [-0.05, 0) is 67.2 Å². The van der Waals surface area contributed by atoms with Crippen molar-refractivity contribution in [3.05, 3.63) is 97.1 Å². The maximum Gasteiger partial charge on any atom is -0.0253 e. The van der Waals surface area contributed by atoms with Crippen LogP contribution in [0.3, 0.4) is 0 Å². The van der Waals surface area contributed by atoms with Crippen LogP contribution in [0, 0.1) is 25.7 Å². The molecule has 0 spiro atoms. The van der Waals surface area contributed by atoms with E-state index in [9.17, 15) is 0 Å². The summed E-state index contributed by atoms with van der Waals surface area (Å²) < 4.78 is 0. The minimum Gasteiger partial charge on any atom is -0.106 e. The first kappa shape index (κ1) is 27.1. The van der Waals surface area contributed by atoms with E-state index in [0.29, 0.717) is 0 Å². The molecular formula is C27H42. The minimum atomic E-state index is 0.760. The summed E-state index contributed by atoms with van der Waals surface area (Å²) in [6.07, 6.45) is 3.72. The molecule has 0 atom stereocenters. The minimum absolute atomic E-state index is 0.760. The molecule has 0 fully saturated rings. The molecule has 27 heavy (non-hydrogen) atoms. The molecule has 0 saturated heterocycles. The Morgan fingerprint density at radius 2 is 1.04 bits per heavy atom. The lowest BCUT2D eigenvalue weighted by Gasteiger charge is -2.07. The van der Waals surface area contributed by atoms with Gasteiger partial charge in [0.2, 0.25) is 0 Å². The summed E-state index contributed by atoms with van der Waals surface area (Å²) in [5, 5.41) is 0. The van der Waals surface area contributed by atoms with Gasteiger partial charge >= 0.3 is 0 Å². The van der Waals surface area contributed by atoms with Gasteiger partial charge in [0.15, 0.2) is 0 Å². The first-order valence-corrected chi connectivity index (χ1v) is 9.99. The summed E-state index contributed by atoms with van der Waals surface area (Å²) in [5.41, 5.74) is 5.84. The summed E-state index contributed by atoms with van der Waals surface area (Å²) in [6.45, 7) is 25.4. The molecule has 0 aromatic heterocycles. The van der Waals surface area contributed by atoms with E-state index in [1.165, 1.54) is 41.5 Å². The van der Waals surface area contributed by atoms with E-state index in [1.54, 1.807) is 0 Å². The lowest BCUT2D eigenvalue weighted by Crippen LogP contribution is -1.95. The lowest BCUT2D eigenvalue weighted by molar-refractivity contribution is 0.586. The Bertz CT molecular complexity index is 590. The van der Waals surface area contributed by atoms with Crippen molar-refractivity contribution in [3.8, 4) is 0 Å². The van der Waals surface area contributed by atoms with Gasteiger partial charge in [0.25, 0.3) is 0 Å². The fourth-order valence-corrected chi connectivity index (χ4v) is 2.61. The average Bonchev–Trinajstić information content (AvgIpc) is 2.66. The van der Waals surface area contributed by atoms with Crippen molar-refractivity contribution in [3.63, 3.8) is 0 Å². The number of rotatable bonds is 5. The van der Waals surface area contributed by atoms with Crippen LogP contribution in [0.4, 0.5) is 0 Å². The second-order valence-electron chi connectivity index (χ2n) is 7.38. The maximum atomic E-state index is 3.00. The molecule has 2 rings (SSSR count). The third-order valence-electron chi connectivity index (χ3n) is 4.14. The molecule has 0 aliphatic rings. The van der Waals surface area contributed by atoms with E-state index < -0.39 is 0 Å². The summed E-state index contributed by atoms with van der Waals surface area (Å²) in [6, 6.07) is 17.3. The van der Waals surface area contributed by atoms with Crippen LogP contribution in [0.5, 0.6) is 0 Å². The number of benzene rings is 2. The monoisotopic (exact) mass is 366 g/mol. The Morgan fingerprint density at radius 3 is 1.41 bits per heavy atom. The summed E-state index contributed by atoms with van der Waals surface area (Å²) in [5.74, 6) is 1.57. The topological polar surface area (TPSA) is 0 Å². The predicted molar refractivity (Wildman–Crippen MR) is 127 cm³/mol. The molecule has 2 aromatic carbocycles. The summed E-state index contributed by atoms with van der Waals surface area (Å²) in [7, 11) is 0. The van der Waals surface area contributed by atoms with E-state index in [4.69, 9.17) is 0 Å². The maximum absolute atomic E-state index is 3.00. The standard InChI is InChI=1S/C12H18.C11H16.2C2H4/c1-10(2)8-9-12-7-5-4-6-11(12)3;1-9(2)8-11-7-5-4-6-10(11)3;2*1-2/h4-7,10H,8-9H2,1-3H3;4-7,9H,8H2,1-3H3;2*1-2H2. The van der Waals surface area contributed by atoms with Gasteiger partial charge in [0, 0.05) is 0 Å². The Balaban J connectivity index is 0. The van der Waals surface area contributed by atoms with Crippen molar-refractivity contribution in [1.29, 1.82) is 0 Å². The van der Waals surface area contributed by atoms with Crippen LogP contribution >= 0.6 is 0 Å². The fourth-order valence-electron chi connectivity index (χ4n) is 2.61. The van der Waals surface area contributed by atoms with Gasteiger partial charge in [-0.2, -0.15) is 0 Å². The predicted octanol–water partition coefficient (Wildman–Crippen LogP) is 8.38. The zero-order valence-electron chi connectivity index (χ0n) is 18.7. The van der Waals surface area contributed by atoms with Crippen LogP contribution in [0.1, 0.15) is 56.4 Å². The molecule has 0 unspecified atom stereocenters. The van der Waals surface area contributed by atoms with Crippen LogP contribution in [0.15, 0.2) is 74.8 Å². The second-order valence-corrected chi connectivity index (χ2v) is 7.38. The van der Waals surface area contributed by atoms with Crippen molar-refractivity contribution in [2.75, 3.05) is 0 Å². The molecule has 0 bridgehead atoms. The first-order valence-electron chi connectivity index (χ1n) is 9.99. The SMILES string of the molecule is C=C.C=C.Cc1ccccc1CC(C)C.Cc1ccccc1CCC(C)C. The Morgan fingerprint density at radius 1 is 0.630 bits per heavy atom. The van der Waals surface area contributed by atoms with Crippen molar-refractivity contribution in [2.24, 2.45) is 11.8 Å². The van der Waals surface area contributed by atoms with Gasteiger partial charge in [-0.25, -0.2) is 0 Å². The van der Waals surface area contributed by atoms with Crippen molar-refractivity contribution < 1.29 is 0 Å². The quantitative estimate of drug-likeness (QED) is 0.466. The smallest absolute Gasteiger partial charge is 0.0253 e. The largest absolute Gasteiger partial charge is 0.106 e. The highest BCUT2D eigenvalue weighted by atomic mass is 14.0. The molecule has 2 aromatic rings. The third kappa shape index (κ3) is 13.7. The average molecular weight is 367 g/mol. The lowest BCUT2D eigenvalue weighted by atomic mass is 9.99. The van der Waals surface area contributed by atoms with Gasteiger partial charge in [0.1, 0.15) is 0 Å². The molecule has 0 saturated carbocycles. The highest BCUT2D eigenvalue weighted by Crippen LogP contribution is 2.13. The summed E-state index contributed by atoms with van der Waals surface area (Å²) >= 11 is 0. The third-order valence-corrected chi connectivity index (χ3v) is 4.14. The van der Waals surface area contributed by atoms with E-state index in [2.05, 4.69) is 116 Å². The molecule has 0 amide bonds. The number of hydrogen-bond acceptors (Lipinski definition) is 0. The number of hydrogen-bond donors (Lipinski definition) is 0. The van der Waals surface area contributed by atoms with Crippen LogP contribution in [-0.2, 0) is 12.8 Å². The van der Waals surface area contributed by atoms with Gasteiger partial charge in [-0.15, -0.1) is 26.3 Å². The molecular weight excluding hydrogens is 324 g/mol. The van der Waals surface area contributed by atoms with E-state index in [-0.39, 0.29) is 0 Å². The summed E-state index contributed by atoms with van der Waals surface area (Å²) in [4.78, 5) is 0. The van der Waals surface area contributed by atoms with Gasteiger partial charge in [-0.1, -0.05) is 76.2 Å². The van der Waals surface area contributed by atoms with Crippen molar-refractivity contribution >= 4 is 0 Å². The Labute approximate surface area is 170 Å². The second kappa shape index (κ2) is 17.3. The van der Waals surface area contributed by atoms with Crippen LogP contribution in [-0.4, -0.2) is 0 Å².